The Hall–Kier alpha value is -2.84. The molecule has 4 N–H and O–H groups in total. The van der Waals surface area contributed by atoms with E-state index in [1.807, 2.05) is 5.43 Å². The van der Waals surface area contributed by atoms with Crippen LogP contribution >= 0.6 is 11.3 Å². The third-order valence-corrected chi connectivity index (χ3v) is 3.96. The Bertz CT molecular complexity index is 757. The minimum absolute atomic E-state index is 0.0168. The minimum Gasteiger partial charge on any atom is -0.493 e. The fourth-order valence-corrected chi connectivity index (χ4v) is 2.56. The maximum atomic E-state index is 12.1. The van der Waals surface area contributed by atoms with Crippen LogP contribution in [0.25, 0.3) is 6.08 Å². The second-order valence-electron chi connectivity index (χ2n) is 4.58. The van der Waals surface area contributed by atoms with Crippen LogP contribution in [0.15, 0.2) is 41.4 Å². The smallest absolute Gasteiger partial charge is 0.281 e. The second kappa shape index (κ2) is 8.14. The molecular weight excluding hydrogens is 330 g/mol. The summed E-state index contributed by atoms with van der Waals surface area (Å²) in [4.78, 5) is 24.6. The van der Waals surface area contributed by atoms with Gasteiger partial charge in [-0.15, -0.1) is 11.3 Å². The first-order valence-electron chi connectivity index (χ1n) is 6.88. The molecule has 0 radical (unpaired) electrons. The lowest BCUT2D eigenvalue weighted by atomic mass is 10.1. The quantitative estimate of drug-likeness (QED) is 0.318. The van der Waals surface area contributed by atoms with Crippen molar-refractivity contribution in [2.75, 3.05) is 14.2 Å². The number of hydrazine groups is 1. The average Bonchev–Trinajstić information content (AvgIpc) is 3.15. The van der Waals surface area contributed by atoms with Gasteiger partial charge in [0.25, 0.3) is 11.8 Å². The van der Waals surface area contributed by atoms with E-state index in [2.05, 4.69) is 5.32 Å². The highest BCUT2D eigenvalue weighted by Crippen LogP contribution is 2.28. The molecule has 0 saturated carbocycles. The lowest BCUT2D eigenvalue weighted by molar-refractivity contribution is -0.117. The van der Waals surface area contributed by atoms with Gasteiger partial charge in [-0.25, -0.2) is 5.84 Å². The second-order valence-corrected chi connectivity index (χ2v) is 5.53. The topological polar surface area (TPSA) is 103 Å². The number of nitrogens with one attached hydrogen (secondary N) is 2. The lowest BCUT2D eigenvalue weighted by Gasteiger charge is -2.10. The Labute approximate surface area is 143 Å². The van der Waals surface area contributed by atoms with Gasteiger partial charge in [0.05, 0.1) is 19.1 Å². The number of carbonyl (C=O) groups is 2. The van der Waals surface area contributed by atoms with Gasteiger partial charge in [-0.1, -0.05) is 12.1 Å². The van der Waals surface area contributed by atoms with E-state index in [1.165, 1.54) is 31.6 Å². The van der Waals surface area contributed by atoms with Gasteiger partial charge in [0.2, 0.25) is 0 Å². The summed E-state index contributed by atoms with van der Waals surface area (Å²) in [5, 5.41) is 4.33. The van der Waals surface area contributed by atoms with E-state index in [0.29, 0.717) is 21.9 Å². The van der Waals surface area contributed by atoms with Crippen LogP contribution in [0.4, 0.5) is 0 Å². The molecule has 8 heteroatoms. The largest absolute Gasteiger partial charge is 0.493 e. The third-order valence-electron chi connectivity index (χ3n) is 3.09. The first kappa shape index (κ1) is 17.5. The van der Waals surface area contributed by atoms with Gasteiger partial charge in [-0.2, -0.15) is 0 Å². The fraction of sp³-hybridized carbons (Fsp3) is 0.125. The molecule has 1 heterocycles. The van der Waals surface area contributed by atoms with E-state index in [9.17, 15) is 9.59 Å². The molecule has 0 unspecified atom stereocenters. The molecule has 0 spiro atoms. The van der Waals surface area contributed by atoms with Gasteiger partial charge in [0, 0.05) is 0 Å². The van der Waals surface area contributed by atoms with Crippen molar-refractivity contribution < 1.29 is 19.1 Å². The van der Waals surface area contributed by atoms with Crippen LogP contribution in [0.2, 0.25) is 0 Å². The SMILES string of the molecule is COc1ccc(/C=C(\NC(=O)c2cccs2)C(=O)NN)cc1OC. The van der Waals surface area contributed by atoms with E-state index in [4.69, 9.17) is 15.3 Å². The van der Waals surface area contributed by atoms with Crippen LogP contribution < -0.4 is 26.1 Å². The summed E-state index contributed by atoms with van der Waals surface area (Å²) in [6.07, 6.45) is 1.50. The zero-order chi connectivity index (χ0) is 17.5. The minimum atomic E-state index is -0.616. The van der Waals surface area contributed by atoms with Crippen molar-refractivity contribution in [1.29, 1.82) is 0 Å². The molecule has 0 aliphatic heterocycles. The van der Waals surface area contributed by atoms with Gasteiger partial charge < -0.3 is 14.8 Å². The number of amides is 2. The first-order valence-corrected chi connectivity index (χ1v) is 7.76. The molecule has 0 bridgehead atoms. The van der Waals surface area contributed by atoms with Crippen molar-refractivity contribution in [1.82, 2.24) is 10.7 Å². The summed E-state index contributed by atoms with van der Waals surface area (Å²) in [5.74, 6) is 5.24. The van der Waals surface area contributed by atoms with E-state index in [0.717, 1.165) is 0 Å². The highest BCUT2D eigenvalue weighted by atomic mass is 32.1. The van der Waals surface area contributed by atoms with Crippen molar-refractivity contribution in [3.8, 4) is 11.5 Å². The van der Waals surface area contributed by atoms with Crippen LogP contribution in [0.3, 0.4) is 0 Å². The van der Waals surface area contributed by atoms with Gasteiger partial charge in [0.1, 0.15) is 5.70 Å². The molecule has 0 atom stereocenters. The molecule has 0 aliphatic carbocycles. The van der Waals surface area contributed by atoms with E-state index < -0.39 is 5.91 Å². The molecule has 2 rings (SSSR count). The van der Waals surface area contributed by atoms with Crippen molar-refractivity contribution in [3.63, 3.8) is 0 Å². The zero-order valence-electron chi connectivity index (χ0n) is 13.2. The number of hydrogen-bond donors (Lipinski definition) is 3. The molecule has 0 fully saturated rings. The summed E-state index contributed by atoms with van der Waals surface area (Å²) in [5.41, 5.74) is 2.67. The molecular formula is C16H17N3O4S. The lowest BCUT2D eigenvalue weighted by Crippen LogP contribution is -2.38. The van der Waals surface area contributed by atoms with E-state index >= 15 is 0 Å². The number of hydrogen-bond acceptors (Lipinski definition) is 6. The molecule has 1 aromatic heterocycles. The predicted molar refractivity (Wildman–Crippen MR) is 91.6 cm³/mol. The Morgan fingerprint density at radius 2 is 1.92 bits per heavy atom. The van der Waals surface area contributed by atoms with Crippen LogP contribution in [0.5, 0.6) is 11.5 Å². The van der Waals surface area contributed by atoms with Gasteiger partial charge in [-0.3, -0.25) is 15.0 Å². The normalized spacial score (nSPS) is 10.9. The number of carbonyl (C=O) groups excluding carboxylic acids is 2. The van der Waals surface area contributed by atoms with Gasteiger partial charge in [-0.05, 0) is 35.2 Å². The molecule has 2 amide bonds. The Balaban J connectivity index is 2.32. The standard InChI is InChI=1S/C16H17N3O4S/c1-22-12-6-5-10(9-13(12)23-2)8-11(15(20)19-17)18-16(21)14-4-3-7-24-14/h3-9H,17H2,1-2H3,(H,18,21)(H,19,20)/b11-8-. The molecule has 0 aliphatic rings. The summed E-state index contributed by atoms with van der Waals surface area (Å²) in [6, 6.07) is 8.51. The van der Waals surface area contributed by atoms with Crippen LogP contribution in [-0.2, 0) is 4.79 Å². The summed E-state index contributed by atoms with van der Waals surface area (Å²) < 4.78 is 10.4. The Morgan fingerprint density at radius 1 is 1.17 bits per heavy atom. The number of benzene rings is 1. The molecule has 126 valence electrons. The van der Waals surface area contributed by atoms with Gasteiger partial charge in [0.15, 0.2) is 11.5 Å². The third kappa shape index (κ3) is 4.12. The van der Waals surface area contributed by atoms with Crippen LogP contribution in [0.1, 0.15) is 15.2 Å². The van der Waals surface area contributed by atoms with Crippen LogP contribution in [0, 0.1) is 0 Å². The maximum Gasteiger partial charge on any atom is 0.281 e. The molecule has 2 aromatic rings. The summed E-state index contributed by atoms with van der Waals surface area (Å²) >= 11 is 1.27. The fourth-order valence-electron chi connectivity index (χ4n) is 1.94. The van der Waals surface area contributed by atoms with Gasteiger partial charge >= 0.3 is 0 Å². The molecule has 1 aromatic carbocycles. The number of nitrogens with two attached hydrogens (primary N) is 1. The number of ether oxygens (including phenoxy) is 2. The molecule has 7 nitrogen and oxygen atoms in total. The first-order chi connectivity index (χ1) is 11.6. The Morgan fingerprint density at radius 3 is 2.50 bits per heavy atom. The Kier molecular flexibility index (Phi) is 5.94. The van der Waals surface area contributed by atoms with E-state index in [1.54, 1.807) is 35.7 Å². The predicted octanol–water partition coefficient (Wildman–Crippen LogP) is 1.53. The molecule has 24 heavy (non-hydrogen) atoms. The number of methoxy groups -OCH3 is 2. The number of rotatable bonds is 6. The van der Waals surface area contributed by atoms with Crippen molar-refractivity contribution in [2.24, 2.45) is 5.84 Å². The summed E-state index contributed by atoms with van der Waals surface area (Å²) in [6.45, 7) is 0. The van der Waals surface area contributed by atoms with Crippen LogP contribution in [-0.4, -0.2) is 26.0 Å². The van der Waals surface area contributed by atoms with Crippen molar-refractivity contribution in [3.05, 3.63) is 51.8 Å². The maximum absolute atomic E-state index is 12.1. The number of thiophene rings is 1. The van der Waals surface area contributed by atoms with Crippen molar-refractivity contribution >= 4 is 29.2 Å². The highest BCUT2D eigenvalue weighted by Gasteiger charge is 2.15. The monoisotopic (exact) mass is 347 g/mol. The van der Waals surface area contributed by atoms with Crippen molar-refractivity contribution in [2.45, 2.75) is 0 Å². The van der Waals surface area contributed by atoms with E-state index in [-0.39, 0.29) is 11.6 Å². The molecule has 0 saturated heterocycles. The average molecular weight is 347 g/mol. The summed E-state index contributed by atoms with van der Waals surface area (Å²) in [7, 11) is 3.04. The zero-order valence-corrected chi connectivity index (χ0v) is 14.0. The highest BCUT2D eigenvalue weighted by molar-refractivity contribution is 7.12.